The van der Waals surface area contributed by atoms with Gasteiger partial charge in [0, 0.05) is 5.56 Å². The van der Waals surface area contributed by atoms with Gasteiger partial charge in [-0.1, -0.05) is 19.1 Å². The Balaban J connectivity index is 2.22. The Morgan fingerprint density at radius 3 is 2.19 bits per heavy atom. The maximum absolute atomic E-state index is 12.3. The van der Waals surface area contributed by atoms with E-state index < -0.39 is 0 Å². The number of benzene rings is 1. The van der Waals surface area contributed by atoms with Crippen LogP contribution in [0, 0.1) is 13.8 Å². The van der Waals surface area contributed by atoms with Gasteiger partial charge in [-0.25, -0.2) is 0 Å². The Labute approximate surface area is 124 Å². The first-order valence-electron chi connectivity index (χ1n) is 6.84. The molecule has 0 saturated carbocycles. The van der Waals surface area contributed by atoms with Crippen molar-refractivity contribution in [3.63, 3.8) is 0 Å². The summed E-state index contributed by atoms with van der Waals surface area (Å²) in [4.78, 5) is 20.6. The van der Waals surface area contributed by atoms with Crippen LogP contribution in [0.15, 0.2) is 24.3 Å². The summed E-state index contributed by atoms with van der Waals surface area (Å²) < 4.78 is 5.01. The van der Waals surface area contributed by atoms with Gasteiger partial charge in [-0.15, -0.1) is 0 Å². The van der Waals surface area contributed by atoms with Crippen molar-refractivity contribution < 1.29 is 9.53 Å². The second kappa shape index (κ2) is 6.35. The first kappa shape index (κ1) is 15.0. The molecule has 0 saturated heterocycles. The van der Waals surface area contributed by atoms with Crippen molar-refractivity contribution in [2.45, 2.75) is 27.2 Å². The third-order valence-electron chi connectivity index (χ3n) is 3.30. The number of methoxy groups -OCH3 is 1. The van der Waals surface area contributed by atoms with Crippen molar-refractivity contribution in [1.82, 2.24) is 9.97 Å². The number of aryl methyl sites for hydroxylation is 3. The van der Waals surface area contributed by atoms with Crippen molar-refractivity contribution >= 4 is 11.6 Å². The lowest BCUT2D eigenvalue weighted by atomic mass is 10.1. The molecule has 1 aromatic carbocycles. The molecule has 5 heteroatoms. The summed E-state index contributed by atoms with van der Waals surface area (Å²) in [7, 11) is 1.52. The van der Waals surface area contributed by atoms with E-state index in [1.54, 1.807) is 0 Å². The Bertz CT molecular complexity index is 628. The predicted octanol–water partition coefficient (Wildman–Crippen LogP) is 2.92. The number of nitrogens with zero attached hydrogens (tertiary/aromatic N) is 2. The lowest BCUT2D eigenvalue weighted by Crippen LogP contribution is -2.15. The molecular weight excluding hydrogens is 266 g/mol. The minimum Gasteiger partial charge on any atom is -0.467 e. The van der Waals surface area contributed by atoms with E-state index in [0.717, 1.165) is 6.42 Å². The molecule has 0 spiro atoms. The van der Waals surface area contributed by atoms with Gasteiger partial charge in [-0.05, 0) is 38.0 Å². The number of hydrogen-bond acceptors (Lipinski definition) is 4. The minimum atomic E-state index is -0.169. The van der Waals surface area contributed by atoms with Crippen LogP contribution in [-0.4, -0.2) is 23.0 Å². The Morgan fingerprint density at radius 1 is 1.14 bits per heavy atom. The minimum absolute atomic E-state index is 0.169. The van der Waals surface area contributed by atoms with Crippen molar-refractivity contribution in [2.75, 3.05) is 12.4 Å². The van der Waals surface area contributed by atoms with Crippen molar-refractivity contribution in [1.29, 1.82) is 0 Å². The van der Waals surface area contributed by atoms with Gasteiger partial charge in [0.2, 0.25) is 0 Å². The quantitative estimate of drug-likeness (QED) is 0.938. The smallest absolute Gasteiger partial charge is 0.316 e. The van der Waals surface area contributed by atoms with Crippen LogP contribution in [0.4, 0.5) is 5.69 Å². The maximum Gasteiger partial charge on any atom is 0.316 e. The summed E-state index contributed by atoms with van der Waals surface area (Å²) >= 11 is 0. The molecule has 110 valence electrons. The average Bonchev–Trinajstić information content (AvgIpc) is 2.50. The van der Waals surface area contributed by atoms with E-state index in [-0.39, 0.29) is 5.91 Å². The summed E-state index contributed by atoms with van der Waals surface area (Å²) in [5.74, 6) is -0.169. The van der Waals surface area contributed by atoms with Gasteiger partial charge in [0.25, 0.3) is 5.91 Å². The summed E-state index contributed by atoms with van der Waals surface area (Å²) in [6, 6.07) is 7.86. The SMILES string of the molecule is CCc1ccc(C(=O)Nc2c(C)nc(OC)nc2C)cc1. The summed E-state index contributed by atoms with van der Waals surface area (Å²) in [6.07, 6.45) is 0.951. The standard InChI is InChI=1S/C16H19N3O2/c1-5-12-6-8-13(9-7-12)15(20)19-14-10(2)17-16(21-4)18-11(14)3/h6-9H,5H2,1-4H3,(H,19,20). The van der Waals surface area contributed by atoms with Crippen LogP contribution >= 0.6 is 0 Å². The second-order valence-electron chi connectivity index (χ2n) is 4.76. The van der Waals surface area contributed by atoms with Gasteiger partial charge in [0.05, 0.1) is 24.2 Å². The normalized spacial score (nSPS) is 10.3. The molecule has 0 aliphatic carbocycles. The van der Waals surface area contributed by atoms with Crippen LogP contribution in [0.5, 0.6) is 6.01 Å². The van der Waals surface area contributed by atoms with Gasteiger partial charge < -0.3 is 10.1 Å². The molecule has 0 aliphatic rings. The Hall–Kier alpha value is -2.43. The molecule has 1 aromatic heterocycles. The third kappa shape index (κ3) is 3.37. The number of carbonyl (C=O) groups is 1. The van der Waals surface area contributed by atoms with Crippen LogP contribution in [0.1, 0.15) is 34.2 Å². The van der Waals surface area contributed by atoms with E-state index in [9.17, 15) is 4.79 Å². The van der Waals surface area contributed by atoms with Crippen LogP contribution in [0.3, 0.4) is 0 Å². The van der Waals surface area contributed by atoms with Crippen molar-refractivity contribution in [2.24, 2.45) is 0 Å². The zero-order chi connectivity index (χ0) is 15.4. The molecule has 2 aromatic rings. The van der Waals surface area contributed by atoms with Gasteiger partial charge >= 0.3 is 6.01 Å². The van der Waals surface area contributed by atoms with Gasteiger partial charge in [0.15, 0.2) is 0 Å². The fourth-order valence-electron chi connectivity index (χ4n) is 2.04. The number of rotatable bonds is 4. The molecule has 5 nitrogen and oxygen atoms in total. The zero-order valence-electron chi connectivity index (χ0n) is 12.7. The fraction of sp³-hybridized carbons (Fsp3) is 0.312. The Kier molecular flexibility index (Phi) is 4.52. The topological polar surface area (TPSA) is 64.1 Å². The van der Waals surface area contributed by atoms with E-state index in [0.29, 0.717) is 28.6 Å². The highest BCUT2D eigenvalue weighted by Gasteiger charge is 2.13. The average molecular weight is 285 g/mol. The van der Waals surface area contributed by atoms with Gasteiger partial charge in [0.1, 0.15) is 0 Å². The predicted molar refractivity (Wildman–Crippen MR) is 81.8 cm³/mol. The van der Waals surface area contributed by atoms with Crippen molar-refractivity contribution in [3.8, 4) is 6.01 Å². The number of hydrogen-bond donors (Lipinski definition) is 1. The molecule has 0 unspecified atom stereocenters. The maximum atomic E-state index is 12.3. The molecular formula is C16H19N3O2. The highest BCUT2D eigenvalue weighted by Crippen LogP contribution is 2.20. The zero-order valence-corrected chi connectivity index (χ0v) is 12.7. The van der Waals surface area contributed by atoms with E-state index >= 15 is 0 Å². The number of ether oxygens (including phenoxy) is 1. The highest BCUT2D eigenvalue weighted by molar-refractivity contribution is 6.04. The van der Waals surface area contributed by atoms with E-state index in [2.05, 4.69) is 22.2 Å². The summed E-state index contributed by atoms with van der Waals surface area (Å²) in [6.45, 7) is 5.70. The Morgan fingerprint density at radius 2 is 1.71 bits per heavy atom. The van der Waals surface area contributed by atoms with Crippen LogP contribution in [0.25, 0.3) is 0 Å². The number of amides is 1. The van der Waals surface area contributed by atoms with Gasteiger partial charge in [-0.2, -0.15) is 9.97 Å². The molecule has 1 amide bonds. The second-order valence-corrected chi connectivity index (χ2v) is 4.76. The first-order chi connectivity index (χ1) is 10.0. The monoisotopic (exact) mass is 285 g/mol. The lowest BCUT2D eigenvalue weighted by Gasteiger charge is -2.11. The molecule has 0 radical (unpaired) electrons. The molecule has 0 aliphatic heterocycles. The first-order valence-corrected chi connectivity index (χ1v) is 6.84. The van der Waals surface area contributed by atoms with Crippen LogP contribution in [-0.2, 0) is 6.42 Å². The molecule has 1 heterocycles. The number of nitrogens with one attached hydrogen (secondary N) is 1. The number of aromatic nitrogens is 2. The largest absolute Gasteiger partial charge is 0.467 e. The summed E-state index contributed by atoms with van der Waals surface area (Å²) in [5, 5.41) is 2.86. The third-order valence-corrected chi connectivity index (χ3v) is 3.30. The molecule has 2 rings (SSSR count). The van der Waals surface area contributed by atoms with E-state index in [1.165, 1.54) is 12.7 Å². The van der Waals surface area contributed by atoms with Crippen LogP contribution < -0.4 is 10.1 Å². The molecule has 0 fully saturated rings. The highest BCUT2D eigenvalue weighted by atomic mass is 16.5. The fourth-order valence-corrected chi connectivity index (χ4v) is 2.04. The lowest BCUT2D eigenvalue weighted by molar-refractivity contribution is 0.102. The van der Waals surface area contributed by atoms with Crippen LogP contribution in [0.2, 0.25) is 0 Å². The van der Waals surface area contributed by atoms with E-state index in [4.69, 9.17) is 4.74 Å². The number of carbonyl (C=O) groups excluding carboxylic acids is 1. The molecule has 1 N–H and O–H groups in total. The van der Waals surface area contributed by atoms with E-state index in [1.807, 2.05) is 38.1 Å². The molecule has 0 bridgehead atoms. The molecule has 0 atom stereocenters. The number of anilines is 1. The molecule has 21 heavy (non-hydrogen) atoms. The summed E-state index contributed by atoms with van der Waals surface area (Å²) in [5.41, 5.74) is 3.80. The van der Waals surface area contributed by atoms with Gasteiger partial charge in [-0.3, -0.25) is 4.79 Å². The van der Waals surface area contributed by atoms with Crippen molar-refractivity contribution in [3.05, 3.63) is 46.8 Å².